The van der Waals surface area contributed by atoms with E-state index in [1.54, 1.807) is 0 Å². The molecule has 2 heterocycles. The Bertz CT molecular complexity index is 416. The summed E-state index contributed by atoms with van der Waals surface area (Å²) < 4.78 is 9.85. The minimum Gasteiger partial charge on any atom is -0.465 e. The summed E-state index contributed by atoms with van der Waals surface area (Å²) in [4.78, 5) is 19.5. The maximum atomic E-state index is 11.3. The molecule has 1 fully saturated rings. The van der Waals surface area contributed by atoms with Crippen LogP contribution < -0.4 is 5.73 Å². The van der Waals surface area contributed by atoms with Crippen molar-refractivity contribution in [1.29, 1.82) is 0 Å². The Labute approximate surface area is 99.1 Å². The molecular formula is C11H15N3O3. The predicted molar refractivity (Wildman–Crippen MR) is 60.4 cm³/mol. The zero-order valence-corrected chi connectivity index (χ0v) is 9.68. The average Bonchev–Trinajstić information content (AvgIpc) is 2.81. The molecule has 0 aromatic carbocycles. The average molecular weight is 237 g/mol. The second kappa shape index (κ2) is 5.09. The van der Waals surface area contributed by atoms with Gasteiger partial charge in [-0.3, -0.25) is 0 Å². The summed E-state index contributed by atoms with van der Waals surface area (Å²) in [6.45, 7) is 1.53. The lowest BCUT2D eigenvalue weighted by atomic mass is 10.0. The minimum atomic E-state index is -0.516. The molecule has 2 N–H and O–H groups in total. The number of rotatable bonds is 3. The van der Waals surface area contributed by atoms with E-state index in [0.29, 0.717) is 11.7 Å². The van der Waals surface area contributed by atoms with Crippen molar-refractivity contribution < 1.29 is 14.3 Å². The maximum Gasteiger partial charge on any atom is 0.343 e. The number of hydrogen-bond donors (Lipinski definition) is 1. The summed E-state index contributed by atoms with van der Waals surface area (Å²) in [5.74, 6) is 0.739. The molecule has 1 unspecified atom stereocenters. The third-order valence-electron chi connectivity index (χ3n) is 2.77. The second-order valence-electron chi connectivity index (χ2n) is 4.01. The highest BCUT2D eigenvalue weighted by atomic mass is 16.5. The van der Waals surface area contributed by atoms with Crippen LogP contribution in [0.2, 0.25) is 0 Å². The Morgan fingerprint density at radius 2 is 2.53 bits per heavy atom. The van der Waals surface area contributed by atoms with Crippen LogP contribution >= 0.6 is 0 Å². The van der Waals surface area contributed by atoms with Crippen molar-refractivity contribution in [1.82, 2.24) is 9.97 Å². The summed E-state index contributed by atoms with van der Waals surface area (Å²) in [5.41, 5.74) is 5.90. The van der Waals surface area contributed by atoms with E-state index >= 15 is 0 Å². The van der Waals surface area contributed by atoms with Gasteiger partial charge in [-0.05, 0) is 12.3 Å². The third kappa shape index (κ3) is 2.71. The van der Waals surface area contributed by atoms with Gasteiger partial charge in [0.25, 0.3) is 0 Å². The lowest BCUT2D eigenvalue weighted by Gasteiger charge is -2.08. The van der Waals surface area contributed by atoms with Crippen molar-refractivity contribution in [2.24, 2.45) is 5.92 Å². The first-order chi connectivity index (χ1) is 8.20. The van der Waals surface area contributed by atoms with Crippen molar-refractivity contribution in [2.45, 2.75) is 12.8 Å². The number of carbonyl (C=O) groups excluding carboxylic acids is 1. The molecule has 0 radical (unpaired) electrons. The molecule has 0 saturated carbocycles. The smallest absolute Gasteiger partial charge is 0.343 e. The monoisotopic (exact) mass is 237 g/mol. The minimum absolute atomic E-state index is 0.167. The van der Waals surface area contributed by atoms with Crippen LogP contribution in [0, 0.1) is 5.92 Å². The van der Waals surface area contributed by atoms with Gasteiger partial charge < -0.3 is 15.2 Å². The van der Waals surface area contributed by atoms with E-state index in [4.69, 9.17) is 10.5 Å². The fourth-order valence-electron chi connectivity index (χ4n) is 1.80. The maximum absolute atomic E-state index is 11.3. The van der Waals surface area contributed by atoms with Crippen molar-refractivity contribution in [2.75, 3.05) is 26.1 Å². The lowest BCUT2D eigenvalue weighted by Crippen LogP contribution is -2.13. The number of ether oxygens (including phenoxy) is 2. The highest BCUT2D eigenvalue weighted by Crippen LogP contribution is 2.17. The Hall–Kier alpha value is -1.69. The van der Waals surface area contributed by atoms with E-state index in [2.05, 4.69) is 14.7 Å². The van der Waals surface area contributed by atoms with E-state index in [1.165, 1.54) is 13.3 Å². The molecule has 1 atom stereocenters. The van der Waals surface area contributed by atoms with Crippen LogP contribution in [0.25, 0.3) is 0 Å². The van der Waals surface area contributed by atoms with E-state index in [9.17, 15) is 4.79 Å². The molecule has 1 aliphatic heterocycles. The number of nitrogens with zero attached hydrogens (tertiary/aromatic N) is 2. The van der Waals surface area contributed by atoms with Gasteiger partial charge in [0.05, 0.1) is 7.11 Å². The predicted octanol–water partition coefficient (Wildman–Crippen LogP) is 0.424. The Morgan fingerprint density at radius 3 is 3.12 bits per heavy atom. The lowest BCUT2D eigenvalue weighted by molar-refractivity contribution is 0.0601. The van der Waals surface area contributed by atoms with Crippen LogP contribution in [0.4, 0.5) is 5.82 Å². The first kappa shape index (κ1) is 11.8. The van der Waals surface area contributed by atoms with E-state index in [-0.39, 0.29) is 11.4 Å². The summed E-state index contributed by atoms with van der Waals surface area (Å²) in [7, 11) is 1.30. The van der Waals surface area contributed by atoms with E-state index < -0.39 is 5.97 Å². The van der Waals surface area contributed by atoms with Gasteiger partial charge in [0, 0.05) is 25.8 Å². The fraction of sp³-hybridized carbons (Fsp3) is 0.545. The van der Waals surface area contributed by atoms with Crippen LogP contribution in [0.15, 0.2) is 6.20 Å². The molecule has 2 rings (SSSR count). The van der Waals surface area contributed by atoms with Gasteiger partial charge in [-0.15, -0.1) is 0 Å². The van der Waals surface area contributed by atoms with Gasteiger partial charge in [0.1, 0.15) is 17.2 Å². The number of nitrogen functional groups attached to an aromatic ring is 1. The molecule has 0 spiro atoms. The van der Waals surface area contributed by atoms with Gasteiger partial charge in [0.2, 0.25) is 0 Å². The molecule has 17 heavy (non-hydrogen) atoms. The van der Waals surface area contributed by atoms with Crippen LogP contribution in [-0.2, 0) is 15.9 Å². The number of nitrogens with two attached hydrogens (primary N) is 1. The van der Waals surface area contributed by atoms with Gasteiger partial charge in [-0.2, -0.15) is 0 Å². The number of anilines is 1. The molecule has 1 aliphatic rings. The number of carbonyl (C=O) groups is 1. The van der Waals surface area contributed by atoms with E-state index in [1.807, 2.05) is 0 Å². The Morgan fingerprint density at radius 1 is 1.71 bits per heavy atom. The first-order valence-corrected chi connectivity index (χ1v) is 5.48. The van der Waals surface area contributed by atoms with E-state index in [0.717, 1.165) is 26.1 Å². The van der Waals surface area contributed by atoms with Gasteiger partial charge >= 0.3 is 5.97 Å². The van der Waals surface area contributed by atoms with Gasteiger partial charge in [-0.1, -0.05) is 0 Å². The summed E-state index contributed by atoms with van der Waals surface area (Å²) >= 11 is 0. The van der Waals surface area contributed by atoms with Gasteiger partial charge in [0.15, 0.2) is 0 Å². The number of esters is 1. The largest absolute Gasteiger partial charge is 0.465 e. The molecule has 6 heteroatoms. The normalized spacial score (nSPS) is 19.2. The number of methoxy groups -OCH3 is 1. The summed E-state index contributed by atoms with van der Waals surface area (Å²) in [5, 5.41) is 0. The van der Waals surface area contributed by atoms with Crippen molar-refractivity contribution in [3.05, 3.63) is 17.6 Å². The molecule has 0 aliphatic carbocycles. The van der Waals surface area contributed by atoms with Crippen molar-refractivity contribution >= 4 is 11.8 Å². The van der Waals surface area contributed by atoms with Crippen molar-refractivity contribution in [3.63, 3.8) is 0 Å². The second-order valence-corrected chi connectivity index (χ2v) is 4.01. The van der Waals surface area contributed by atoms with Crippen LogP contribution in [0.1, 0.15) is 22.6 Å². The summed E-state index contributed by atoms with van der Waals surface area (Å²) in [6, 6.07) is 0. The highest BCUT2D eigenvalue weighted by molar-refractivity contribution is 5.93. The van der Waals surface area contributed by atoms with Gasteiger partial charge in [-0.25, -0.2) is 14.8 Å². The number of aromatic nitrogens is 2. The zero-order valence-electron chi connectivity index (χ0n) is 9.68. The molecule has 1 aromatic rings. The van der Waals surface area contributed by atoms with Crippen LogP contribution in [0.3, 0.4) is 0 Å². The van der Waals surface area contributed by atoms with Crippen molar-refractivity contribution in [3.8, 4) is 0 Å². The zero-order chi connectivity index (χ0) is 12.3. The molecule has 0 bridgehead atoms. The molecule has 92 valence electrons. The molecular weight excluding hydrogens is 222 g/mol. The molecule has 0 amide bonds. The molecule has 1 aromatic heterocycles. The molecule has 6 nitrogen and oxygen atoms in total. The third-order valence-corrected chi connectivity index (χ3v) is 2.77. The topological polar surface area (TPSA) is 87.3 Å². The Balaban J connectivity index is 2.10. The standard InChI is InChI=1S/C11H15N3O3/c1-16-11(15)8-5-13-9(14-10(8)12)4-7-2-3-17-6-7/h5,7H,2-4,6H2,1H3,(H2,12,13,14). The number of hydrogen-bond acceptors (Lipinski definition) is 6. The Kier molecular flexibility index (Phi) is 3.53. The SMILES string of the molecule is COC(=O)c1cnc(CC2CCOC2)nc1N. The first-order valence-electron chi connectivity index (χ1n) is 5.48. The van der Waals surface area contributed by atoms with Crippen LogP contribution in [-0.4, -0.2) is 36.3 Å². The van der Waals surface area contributed by atoms with Crippen LogP contribution in [0.5, 0.6) is 0 Å². The fourth-order valence-corrected chi connectivity index (χ4v) is 1.80. The molecule has 1 saturated heterocycles. The highest BCUT2D eigenvalue weighted by Gasteiger charge is 2.19. The quantitative estimate of drug-likeness (QED) is 0.767. The summed E-state index contributed by atoms with van der Waals surface area (Å²) in [6.07, 6.45) is 3.16.